The smallest absolute Gasteiger partial charge is 0.356 e. The molecule has 0 aliphatic heterocycles. The predicted molar refractivity (Wildman–Crippen MR) is 64.3 cm³/mol. The molecule has 0 aliphatic carbocycles. The minimum Gasteiger partial charge on any atom is -0.464 e. The van der Waals surface area contributed by atoms with Gasteiger partial charge in [-0.15, -0.1) is 0 Å². The largest absolute Gasteiger partial charge is 0.464 e. The van der Waals surface area contributed by atoms with E-state index in [1.165, 1.54) is 7.11 Å². The van der Waals surface area contributed by atoms with E-state index in [-0.39, 0.29) is 5.71 Å². The van der Waals surface area contributed by atoms with Crippen LogP contribution in [0.5, 0.6) is 0 Å². The monoisotopic (exact) mass is 211 g/mol. The third-order valence-corrected chi connectivity index (χ3v) is 1.81. The molecule has 0 aromatic carbocycles. The molecule has 0 atom stereocenters. The minimum atomic E-state index is -0.602. The van der Waals surface area contributed by atoms with E-state index in [4.69, 9.17) is 5.41 Å². The zero-order valence-electron chi connectivity index (χ0n) is 10.5. The normalized spacial score (nSPS) is 11.3. The molecule has 0 aromatic heterocycles. The lowest BCUT2D eigenvalue weighted by atomic mass is 10.0. The fourth-order valence-corrected chi connectivity index (χ4v) is 0.937. The van der Waals surface area contributed by atoms with Crippen molar-refractivity contribution in [2.24, 2.45) is 0 Å². The van der Waals surface area contributed by atoms with Crippen LogP contribution in [-0.2, 0) is 9.53 Å². The van der Waals surface area contributed by atoms with Crippen LogP contribution in [0.2, 0.25) is 0 Å². The number of esters is 1. The molecule has 0 unspecified atom stereocenters. The second-order valence-electron chi connectivity index (χ2n) is 2.54. The van der Waals surface area contributed by atoms with Gasteiger partial charge in [0.2, 0.25) is 0 Å². The van der Waals surface area contributed by atoms with Crippen molar-refractivity contribution in [1.82, 2.24) is 0 Å². The van der Waals surface area contributed by atoms with Gasteiger partial charge in [0.25, 0.3) is 0 Å². The lowest BCUT2D eigenvalue weighted by Gasteiger charge is -2.06. The molecule has 0 saturated carbocycles. The Morgan fingerprint density at radius 1 is 1.20 bits per heavy atom. The summed E-state index contributed by atoms with van der Waals surface area (Å²) < 4.78 is 4.46. The first kappa shape index (κ1) is 16.1. The number of methoxy groups -OCH3 is 1. The Balaban J connectivity index is 0. The maximum absolute atomic E-state index is 11.0. The average molecular weight is 211 g/mol. The van der Waals surface area contributed by atoms with Crippen molar-refractivity contribution >= 4 is 11.7 Å². The summed E-state index contributed by atoms with van der Waals surface area (Å²) in [5.41, 5.74) is 1.42. The summed E-state index contributed by atoms with van der Waals surface area (Å²) in [7, 11) is 1.27. The highest BCUT2D eigenvalue weighted by Gasteiger charge is 2.14. The molecule has 1 N–H and O–H groups in total. The maximum atomic E-state index is 11.0. The summed E-state index contributed by atoms with van der Waals surface area (Å²) in [4.78, 5) is 11.0. The van der Waals surface area contributed by atoms with Crippen molar-refractivity contribution in [3.05, 3.63) is 23.3 Å². The molecule has 0 fully saturated rings. The number of rotatable bonds is 3. The lowest BCUT2D eigenvalue weighted by Crippen LogP contribution is -2.17. The van der Waals surface area contributed by atoms with Crippen LogP contribution in [-0.4, -0.2) is 18.8 Å². The van der Waals surface area contributed by atoms with Gasteiger partial charge in [0.1, 0.15) is 5.71 Å². The van der Waals surface area contributed by atoms with Gasteiger partial charge in [-0.05, 0) is 26.3 Å². The van der Waals surface area contributed by atoms with E-state index in [1.54, 1.807) is 13.0 Å². The van der Waals surface area contributed by atoms with Gasteiger partial charge in [-0.25, -0.2) is 4.79 Å². The summed E-state index contributed by atoms with van der Waals surface area (Å²) in [6.07, 6.45) is 3.58. The van der Waals surface area contributed by atoms with Crippen LogP contribution < -0.4 is 0 Å². The van der Waals surface area contributed by atoms with E-state index in [9.17, 15) is 4.79 Å². The maximum Gasteiger partial charge on any atom is 0.356 e. The Hall–Kier alpha value is -1.38. The number of carbonyl (C=O) groups is 1. The quantitative estimate of drug-likeness (QED) is 0.443. The molecule has 0 spiro atoms. The highest BCUT2D eigenvalue weighted by atomic mass is 16.5. The van der Waals surface area contributed by atoms with Gasteiger partial charge in [0.15, 0.2) is 0 Å². The molecule has 0 aromatic rings. The molecule has 3 nitrogen and oxygen atoms in total. The van der Waals surface area contributed by atoms with Gasteiger partial charge in [-0.1, -0.05) is 26.0 Å². The fraction of sp³-hybridized carbons (Fsp3) is 0.500. The van der Waals surface area contributed by atoms with Gasteiger partial charge >= 0.3 is 5.97 Å². The molecule has 0 amide bonds. The standard InChI is InChI=1S/C10H15NO2.C2H6/c1-5-7(3)8(6-2)9(11)10(12)13-4;1-2/h5-6,11H,1-4H3;1-2H3/b7-5+,8-6-,11-9?;. The van der Waals surface area contributed by atoms with E-state index in [2.05, 4.69) is 4.74 Å². The Morgan fingerprint density at radius 3 is 1.93 bits per heavy atom. The SMILES string of the molecule is C/C=C(C(=N)C(=O)OC)/C(C)=C/C.CC. The molecule has 0 radical (unpaired) electrons. The Labute approximate surface area is 92.3 Å². The molecule has 0 rings (SSSR count). The van der Waals surface area contributed by atoms with Crippen LogP contribution in [0.3, 0.4) is 0 Å². The number of ether oxygens (including phenoxy) is 1. The molecule has 3 heteroatoms. The minimum absolute atomic E-state index is 0.0967. The van der Waals surface area contributed by atoms with Crippen molar-refractivity contribution in [1.29, 1.82) is 5.41 Å². The third-order valence-electron chi connectivity index (χ3n) is 1.81. The first-order valence-corrected chi connectivity index (χ1v) is 5.05. The number of allylic oxidation sites excluding steroid dienone is 3. The zero-order valence-corrected chi connectivity index (χ0v) is 10.5. The summed E-state index contributed by atoms with van der Waals surface area (Å²) in [6, 6.07) is 0. The van der Waals surface area contributed by atoms with E-state index >= 15 is 0 Å². The molecular weight excluding hydrogens is 190 g/mol. The van der Waals surface area contributed by atoms with Crippen LogP contribution in [0.25, 0.3) is 0 Å². The first-order chi connectivity index (χ1) is 7.08. The van der Waals surface area contributed by atoms with Crippen LogP contribution in [0.1, 0.15) is 34.6 Å². The number of hydrogen-bond donors (Lipinski definition) is 1. The van der Waals surface area contributed by atoms with Gasteiger partial charge in [0, 0.05) is 5.57 Å². The van der Waals surface area contributed by atoms with Crippen LogP contribution in [0.4, 0.5) is 0 Å². The summed E-state index contributed by atoms with van der Waals surface area (Å²) in [5, 5.41) is 7.50. The lowest BCUT2D eigenvalue weighted by molar-refractivity contribution is -0.132. The van der Waals surface area contributed by atoms with Crippen molar-refractivity contribution in [2.75, 3.05) is 7.11 Å². The van der Waals surface area contributed by atoms with E-state index in [0.29, 0.717) is 5.57 Å². The van der Waals surface area contributed by atoms with Crippen molar-refractivity contribution in [3.63, 3.8) is 0 Å². The Bertz CT molecular complexity index is 275. The second-order valence-corrected chi connectivity index (χ2v) is 2.54. The fourth-order valence-electron chi connectivity index (χ4n) is 0.937. The van der Waals surface area contributed by atoms with Crippen molar-refractivity contribution in [2.45, 2.75) is 34.6 Å². The van der Waals surface area contributed by atoms with Crippen molar-refractivity contribution in [3.8, 4) is 0 Å². The highest BCUT2D eigenvalue weighted by Crippen LogP contribution is 2.10. The molecule has 86 valence electrons. The number of nitrogens with one attached hydrogen (secondary N) is 1. The van der Waals surface area contributed by atoms with Crippen molar-refractivity contribution < 1.29 is 9.53 Å². The topological polar surface area (TPSA) is 50.2 Å². The molecule has 0 bridgehead atoms. The van der Waals surface area contributed by atoms with Crippen LogP contribution in [0.15, 0.2) is 23.3 Å². The highest BCUT2D eigenvalue weighted by molar-refractivity contribution is 6.42. The van der Waals surface area contributed by atoms with Gasteiger partial charge in [0.05, 0.1) is 7.11 Å². The number of carbonyl (C=O) groups excluding carboxylic acids is 1. The first-order valence-electron chi connectivity index (χ1n) is 5.05. The van der Waals surface area contributed by atoms with E-state index in [0.717, 1.165) is 5.57 Å². The summed E-state index contributed by atoms with van der Waals surface area (Å²) in [6.45, 7) is 9.51. The van der Waals surface area contributed by atoms with E-state index in [1.807, 2.05) is 33.8 Å². The Kier molecular flexibility index (Phi) is 9.84. The van der Waals surface area contributed by atoms with Gasteiger partial charge in [-0.3, -0.25) is 5.41 Å². The summed E-state index contributed by atoms with van der Waals surface area (Å²) >= 11 is 0. The molecule has 15 heavy (non-hydrogen) atoms. The molecular formula is C12H21NO2. The number of hydrogen-bond acceptors (Lipinski definition) is 3. The third kappa shape index (κ3) is 5.15. The summed E-state index contributed by atoms with van der Waals surface area (Å²) in [5.74, 6) is -0.602. The average Bonchev–Trinajstić information content (AvgIpc) is 2.30. The Morgan fingerprint density at radius 2 is 1.67 bits per heavy atom. The molecule has 0 saturated heterocycles. The van der Waals surface area contributed by atoms with Gasteiger partial charge < -0.3 is 4.74 Å². The second kappa shape index (κ2) is 9.19. The van der Waals surface area contributed by atoms with Gasteiger partial charge in [-0.2, -0.15) is 0 Å². The zero-order chi connectivity index (χ0) is 12.4. The molecule has 0 aliphatic rings. The van der Waals surface area contributed by atoms with E-state index < -0.39 is 5.97 Å². The van der Waals surface area contributed by atoms with Crippen LogP contribution in [0, 0.1) is 5.41 Å². The predicted octanol–water partition coefficient (Wildman–Crippen LogP) is 3.12. The molecule has 0 heterocycles. The van der Waals surface area contributed by atoms with Crippen LogP contribution >= 0.6 is 0 Å².